The van der Waals surface area contributed by atoms with Crippen LogP contribution in [0.1, 0.15) is 37.7 Å². The maximum Gasteiger partial charge on any atom is 0.242 e. The van der Waals surface area contributed by atoms with Crippen molar-refractivity contribution in [3.05, 3.63) is 36.3 Å². The lowest BCUT2D eigenvalue weighted by Gasteiger charge is -2.21. The molecule has 140 valence electrons. The quantitative estimate of drug-likeness (QED) is 0.858. The lowest BCUT2D eigenvalue weighted by atomic mass is 9.95. The van der Waals surface area contributed by atoms with E-state index in [4.69, 9.17) is 0 Å². The molecule has 1 saturated heterocycles. The Balaban J connectivity index is 1.53. The molecule has 7 nitrogen and oxygen atoms in total. The number of anilines is 1. The lowest BCUT2D eigenvalue weighted by molar-refractivity contribution is -0.131. The average molecular weight is 356 g/mol. The van der Waals surface area contributed by atoms with Gasteiger partial charge in [0.05, 0.1) is 18.1 Å². The second-order valence-corrected chi connectivity index (χ2v) is 6.85. The van der Waals surface area contributed by atoms with Gasteiger partial charge in [0.2, 0.25) is 5.91 Å². The molecule has 2 aromatic rings. The average Bonchev–Trinajstić information content (AvgIpc) is 2.98. The molecule has 26 heavy (non-hydrogen) atoms. The summed E-state index contributed by atoms with van der Waals surface area (Å²) in [5, 5.41) is 2.99. The van der Waals surface area contributed by atoms with Crippen molar-refractivity contribution in [2.75, 3.05) is 25.5 Å². The summed E-state index contributed by atoms with van der Waals surface area (Å²) in [5.41, 5.74) is 1.03. The molecule has 0 bridgehead atoms. The number of nitrogens with zero attached hydrogens (tertiary/aromatic N) is 5. The summed E-state index contributed by atoms with van der Waals surface area (Å²) in [6.07, 6.45) is 12.3. The zero-order chi connectivity index (χ0) is 18.4. The zero-order valence-electron chi connectivity index (χ0n) is 15.7. The topological polar surface area (TPSA) is 75.9 Å². The van der Waals surface area contributed by atoms with Crippen LogP contribution in [0, 0.1) is 5.92 Å². The number of aromatic nitrogens is 4. The third kappa shape index (κ3) is 4.59. The van der Waals surface area contributed by atoms with Crippen molar-refractivity contribution >= 4 is 11.7 Å². The van der Waals surface area contributed by atoms with Crippen molar-refractivity contribution in [3.63, 3.8) is 0 Å². The first-order valence-electron chi connectivity index (χ1n) is 9.46. The van der Waals surface area contributed by atoms with Gasteiger partial charge in [0, 0.05) is 39.0 Å². The first-order chi connectivity index (χ1) is 12.7. The van der Waals surface area contributed by atoms with Gasteiger partial charge in [-0.05, 0) is 31.6 Å². The predicted octanol–water partition coefficient (Wildman–Crippen LogP) is 2.15. The van der Waals surface area contributed by atoms with Crippen LogP contribution < -0.4 is 5.32 Å². The van der Waals surface area contributed by atoms with Gasteiger partial charge in [-0.1, -0.05) is 6.92 Å². The normalized spacial score (nSPS) is 17.8. The van der Waals surface area contributed by atoms with Crippen molar-refractivity contribution in [2.24, 2.45) is 5.92 Å². The monoisotopic (exact) mass is 356 g/mol. The highest BCUT2D eigenvalue weighted by atomic mass is 16.2. The first-order valence-corrected chi connectivity index (χ1v) is 9.46. The van der Waals surface area contributed by atoms with Crippen LogP contribution >= 0.6 is 0 Å². The van der Waals surface area contributed by atoms with Crippen molar-refractivity contribution in [1.29, 1.82) is 0 Å². The van der Waals surface area contributed by atoms with Crippen molar-refractivity contribution < 1.29 is 4.79 Å². The van der Waals surface area contributed by atoms with E-state index in [0.29, 0.717) is 12.5 Å². The number of carbonyl (C=O) groups excluding carboxylic acids is 1. The minimum Gasteiger partial charge on any atom is -0.372 e. The summed E-state index contributed by atoms with van der Waals surface area (Å²) in [4.78, 5) is 27.8. The van der Waals surface area contributed by atoms with E-state index in [9.17, 15) is 4.79 Å². The molecule has 0 unspecified atom stereocenters. The van der Waals surface area contributed by atoms with E-state index in [1.165, 1.54) is 0 Å². The van der Waals surface area contributed by atoms with Crippen LogP contribution in [0.15, 0.2) is 24.8 Å². The molecule has 1 fully saturated rings. The van der Waals surface area contributed by atoms with Crippen LogP contribution in [0.3, 0.4) is 0 Å². The number of carbonyl (C=O) groups is 1. The third-order valence-electron chi connectivity index (χ3n) is 5.08. The van der Waals surface area contributed by atoms with Gasteiger partial charge in [0.25, 0.3) is 0 Å². The largest absolute Gasteiger partial charge is 0.372 e. The second-order valence-electron chi connectivity index (χ2n) is 6.85. The molecule has 0 spiro atoms. The molecule has 1 atom stereocenters. The summed E-state index contributed by atoms with van der Waals surface area (Å²) >= 11 is 0. The van der Waals surface area contributed by atoms with Crippen LogP contribution in [0.2, 0.25) is 0 Å². The molecule has 2 aromatic heterocycles. The van der Waals surface area contributed by atoms with E-state index in [-0.39, 0.29) is 5.91 Å². The molecule has 0 aromatic carbocycles. The molecule has 1 aliphatic heterocycles. The molecular weight excluding hydrogens is 328 g/mol. The van der Waals surface area contributed by atoms with E-state index in [1.54, 1.807) is 12.4 Å². The van der Waals surface area contributed by atoms with E-state index in [2.05, 4.69) is 27.2 Å². The number of hydrogen-bond donors (Lipinski definition) is 1. The SMILES string of the molecule is CCc1nccn1CC(=O)N1CCC[C@@H](Cc2cnc(NC)cn2)CC1. The van der Waals surface area contributed by atoms with Gasteiger partial charge in [-0.2, -0.15) is 0 Å². The summed E-state index contributed by atoms with van der Waals surface area (Å²) in [6, 6.07) is 0. The highest BCUT2D eigenvalue weighted by Gasteiger charge is 2.21. The molecule has 0 aliphatic carbocycles. The third-order valence-corrected chi connectivity index (χ3v) is 5.08. The first kappa shape index (κ1) is 18.4. The van der Waals surface area contributed by atoms with Gasteiger partial charge in [-0.25, -0.2) is 9.97 Å². The maximum atomic E-state index is 12.7. The number of nitrogens with one attached hydrogen (secondary N) is 1. The number of rotatable bonds is 6. The summed E-state index contributed by atoms with van der Waals surface area (Å²) < 4.78 is 1.96. The van der Waals surface area contributed by atoms with Crippen LogP contribution in [-0.4, -0.2) is 50.5 Å². The number of imidazole rings is 1. The van der Waals surface area contributed by atoms with Crippen LogP contribution in [0.5, 0.6) is 0 Å². The lowest BCUT2D eigenvalue weighted by Crippen LogP contribution is -2.35. The van der Waals surface area contributed by atoms with Gasteiger partial charge < -0.3 is 14.8 Å². The highest BCUT2D eigenvalue weighted by Crippen LogP contribution is 2.21. The van der Waals surface area contributed by atoms with Crippen LogP contribution in [0.4, 0.5) is 5.82 Å². The second kappa shape index (κ2) is 8.78. The minimum atomic E-state index is 0.191. The van der Waals surface area contributed by atoms with E-state index in [1.807, 2.05) is 28.9 Å². The fourth-order valence-electron chi connectivity index (χ4n) is 3.55. The Bertz CT molecular complexity index is 711. The van der Waals surface area contributed by atoms with Gasteiger partial charge in [0.15, 0.2) is 0 Å². The smallest absolute Gasteiger partial charge is 0.242 e. The summed E-state index contributed by atoms with van der Waals surface area (Å²) in [7, 11) is 1.84. The summed E-state index contributed by atoms with van der Waals surface area (Å²) in [6.45, 7) is 4.12. The number of aryl methyl sites for hydroxylation is 1. The van der Waals surface area contributed by atoms with Gasteiger partial charge in [0.1, 0.15) is 18.2 Å². The minimum absolute atomic E-state index is 0.191. The Hall–Kier alpha value is -2.44. The Morgan fingerprint density at radius 1 is 1.23 bits per heavy atom. The molecule has 7 heteroatoms. The molecule has 3 rings (SSSR count). The van der Waals surface area contributed by atoms with Crippen LogP contribution in [0.25, 0.3) is 0 Å². The van der Waals surface area contributed by atoms with Gasteiger partial charge >= 0.3 is 0 Å². The van der Waals surface area contributed by atoms with E-state index >= 15 is 0 Å². The molecule has 1 amide bonds. The number of hydrogen-bond acceptors (Lipinski definition) is 5. The maximum absolute atomic E-state index is 12.7. The molecule has 0 radical (unpaired) electrons. The molecular formula is C19H28N6O. The molecule has 3 heterocycles. The Morgan fingerprint density at radius 2 is 2.12 bits per heavy atom. The standard InChI is InChI=1S/C19H28N6O/c1-3-18-21-7-10-25(18)14-19(26)24-8-4-5-15(6-9-24)11-16-12-23-17(20-2)13-22-16/h7,10,12-13,15H,3-6,8-9,11,14H2,1-2H3,(H,20,23)/t15-/m1/s1. The fourth-order valence-corrected chi connectivity index (χ4v) is 3.55. The van der Waals surface area contributed by atoms with Crippen LogP contribution in [-0.2, 0) is 24.2 Å². The summed E-state index contributed by atoms with van der Waals surface area (Å²) in [5.74, 6) is 2.51. The zero-order valence-corrected chi connectivity index (χ0v) is 15.7. The molecule has 1 N–H and O–H groups in total. The Kier molecular flexibility index (Phi) is 6.20. The van der Waals surface area contributed by atoms with Gasteiger partial charge in [-0.15, -0.1) is 0 Å². The van der Waals surface area contributed by atoms with Gasteiger partial charge in [-0.3, -0.25) is 9.78 Å². The molecule has 0 saturated carbocycles. The molecule has 1 aliphatic rings. The van der Waals surface area contributed by atoms with E-state index in [0.717, 1.165) is 62.5 Å². The number of amides is 1. The fraction of sp³-hybridized carbons (Fsp3) is 0.579. The van der Waals surface area contributed by atoms with E-state index < -0.39 is 0 Å². The van der Waals surface area contributed by atoms with Crippen molar-refractivity contribution in [3.8, 4) is 0 Å². The Morgan fingerprint density at radius 3 is 2.85 bits per heavy atom. The highest BCUT2D eigenvalue weighted by molar-refractivity contribution is 5.76. The van der Waals surface area contributed by atoms with Crippen molar-refractivity contribution in [1.82, 2.24) is 24.4 Å². The predicted molar refractivity (Wildman–Crippen MR) is 101 cm³/mol. The number of likely N-dealkylation sites (tertiary alicyclic amines) is 1. The Labute approximate surface area is 154 Å². The van der Waals surface area contributed by atoms with Crippen molar-refractivity contribution in [2.45, 2.75) is 45.6 Å².